The molecule has 2 heterocycles. The molecular formula is C21H32IN7. The van der Waals surface area contributed by atoms with Crippen LogP contribution in [0.4, 0.5) is 0 Å². The molecule has 4 rings (SSSR count). The third-order valence-electron chi connectivity index (χ3n) is 5.79. The summed E-state index contributed by atoms with van der Waals surface area (Å²) in [5, 5.41) is 15.5. The average Bonchev–Trinajstić information content (AvgIpc) is 3.53. The highest BCUT2D eigenvalue weighted by atomic mass is 127. The zero-order valence-electron chi connectivity index (χ0n) is 17.3. The van der Waals surface area contributed by atoms with E-state index in [9.17, 15) is 0 Å². The molecule has 0 amide bonds. The van der Waals surface area contributed by atoms with Crippen molar-refractivity contribution in [3.8, 4) is 0 Å². The number of rotatable bonds is 6. The van der Waals surface area contributed by atoms with Gasteiger partial charge in [0.05, 0.1) is 13.1 Å². The second-order valence-corrected chi connectivity index (χ2v) is 7.91. The Balaban J connectivity index is 0.00000240. The number of guanidine groups is 1. The zero-order chi connectivity index (χ0) is 19.3. The SMILES string of the molecule is Cc1nnc(CNC(=NCc2ccccc2)NC2CCN(C3CC3)CC2)n1C.I. The van der Waals surface area contributed by atoms with E-state index in [-0.39, 0.29) is 24.0 Å². The number of nitrogens with one attached hydrogen (secondary N) is 2. The Morgan fingerprint density at radius 3 is 2.45 bits per heavy atom. The van der Waals surface area contributed by atoms with Gasteiger partial charge in [-0.2, -0.15) is 0 Å². The quantitative estimate of drug-likeness (QED) is 0.356. The fourth-order valence-electron chi connectivity index (χ4n) is 3.72. The Bertz CT molecular complexity index is 793. The molecule has 158 valence electrons. The highest BCUT2D eigenvalue weighted by Gasteiger charge is 2.31. The van der Waals surface area contributed by atoms with Crippen molar-refractivity contribution >= 4 is 29.9 Å². The van der Waals surface area contributed by atoms with Gasteiger partial charge in [0.1, 0.15) is 5.82 Å². The van der Waals surface area contributed by atoms with Crippen LogP contribution in [0.1, 0.15) is 42.9 Å². The fraction of sp³-hybridized carbons (Fsp3) is 0.571. The van der Waals surface area contributed by atoms with Crippen LogP contribution >= 0.6 is 24.0 Å². The van der Waals surface area contributed by atoms with Gasteiger partial charge in [0.15, 0.2) is 11.8 Å². The van der Waals surface area contributed by atoms with Crippen molar-refractivity contribution in [2.45, 2.75) is 57.8 Å². The summed E-state index contributed by atoms with van der Waals surface area (Å²) < 4.78 is 2.01. The minimum Gasteiger partial charge on any atom is -0.354 e. The van der Waals surface area contributed by atoms with Crippen molar-refractivity contribution in [2.24, 2.45) is 12.0 Å². The lowest BCUT2D eigenvalue weighted by molar-refractivity contribution is 0.197. The summed E-state index contributed by atoms with van der Waals surface area (Å²) in [5.41, 5.74) is 1.21. The first kappa shape index (κ1) is 22.0. The highest BCUT2D eigenvalue weighted by Crippen LogP contribution is 2.29. The van der Waals surface area contributed by atoms with Crippen molar-refractivity contribution in [1.29, 1.82) is 0 Å². The van der Waals surface area contributed by atoms with Gasteiger partial charge in [0.25, 0.3) is 0 Å². The lowest BCUT2D eigenvalue weighted by Gasteiger charge is -2.33. The Labute approximate surface area is 190 Å². The highest BCUT2D eigenvalue weighted by molar-refractivity contribution is 14.0. The predicted octanol–water partition coefficient (Wildman–Crippen LogP) is 2.60. The summed E-state index contributed by atoms with van der Waals surface area (Å²) in [6, 6.07) is 11.7. The van der Waals surface area contributed by atoms with Gasteiger partial charge in [0, 0.05) is 32.2 Å². The predicted molar refractivity (Wildman–Crippen MR) is 126 cm³/mol. The van der Waals surface area contributed by atoms with Crippen LogP contribution in [0.5, 0.6) is 0 Å². The van der Waals surface area contributed by atoms with Gasteiger partial charge in [-0.1, -0.05) is 30.3 Å². The van der Waals surface area contributed by atoms with Crippen LogP contribution in [0.25, 0.3) is 0 Å². The number of benzene rings is 1. The molecule has 1 saturated heterocycles. The van der Waals surface area contributed by atoms with E-state index in [1.807, 2.05) is 24.6 Å². The maximum atomic E-state index is 4.83. The van der Waals surface area contributed by atoms with Crippen LogP contribution in [0.3, 0.4) is 0 Å². The third-order valence-corrected chi connectivity index (χ3v) is 5.79. The standard InChI is InChI=1S/C21H31N7.HI/c1-16-25-26-20(27(16)2)15-23-21(22-14-17-6-4-3-5-7-17)24-18-10-12-28(13-11-18)19-8-9-19;/h3-7,18-19H,8-15H2,1-2H3,(H2,22,23,24);1H. The van der Waals surface area contributed by atoms with Crippen molar-refractivity contribution in [1.82, 2.24) is 30.3 Å². The van der Waals surface area contributed by atoms with E-state index in [0.717, 1.165) is 23.7 Å². The first-order valence-electron chi connectivity index (χ1n) is 10.4. The van der Waals surface area contributed by atoms with Gasteiger partial charge in [-0.05, 0) is 38.2 Å². The number of nitrogens with zero attached hydrogens (tertiary/aromatic N) is 5. The summed E-state index contributed by atoms with van der Waals surface area (Å²) >= 11 is 0. The van der Waals surface area contributed by atoms with Gasteiger partial charge in [-0.25, -0.2) is 4.99 Å². The first-order chi connectivity index (χ1) is 13.7. The summed E-state index contributed by atoms with van der Waals surface area (Å²) in [5.74, 6) is 2.68. The molecule has 29 heavy (non-hydrogen) atoms. The molecule has 2 fully saturated rings. The molecule has 8 heteroatoms. The Kier molecular flexibility index (Phi) is 7.88. The second-order valence-electron chi connectivity index (χ2n) is 7.91. The Morgan fingerprint density at radius 1 is 1.10 bits per heavy atom. The normalized spacial score (nSPS) is 18.3. The summed E-state index contributed by atoms with van der Waals surface area (Å²) in [7, 11) is 1.99. The smallest absolute Gasteiger partial charge is 0.192 e. The van der Waals surface area contributed by atoms with Gasteiger partial charge >= 0.3 is 0 Å². The van der Waals surface area contributed by atoms with Crippen LogP contribution in [0.15, 0.2) is 35.3 Å². The number of aliphatic imine (C=N–C) groups is 1. The van der Waals surface area contributed by atoms with Crippen molar-refractivity contribution in [2.75, 3.05) is 13.1 Å². The Hall–Kier alpha value is -1.68. The molecule has 0 spiro atoms. The van der Waals surface area contributed by atoms with Gasteiger partial charge in [0.2, 0.25) is 0 Å². The number of aromatic nitrogens is 3. The lowest BCUT2D eigenvalue weighted by atomic mass is 10.1. The summed E-state index contributed by atoms with van der Waals surface area (Å²) in [6.07, 6.45) is 5.12. The molecule has 0 unspecified atom stereocenters. The van der Waals surface area contributed by atoms with Gasteiger partial charge < -0.3 is 20.1 Å². The van der Waals surface area contributed by atoms with Crippen molar-refractivity contribution in [3.63, 3.8) is 0 Å². The molecule has 0 bridgehead atoms. The number of piperidine rings is 1. The maximum Gasteiger partial charge on any atom is 0.192 e. The van der Waals surface area contributed by atoms with Gasteiger partial charge in [-0.15, -0.1) is 34.2 Å². The van der Waals surface area contributed by atoms with E-state index < -0.39 is 0 Å². The molecule has 1 aromatic carbocycles. The number of hydrogen-bond acceptors (Lipinski definition) is 4. The molecule has 0 atom stereocenters. The van der Waals surface area contributed by atoms with E-state index in [1.54, 1.807) is 0 Å². The van der Waals surface area contributed by atoms with Crippen LogP contribution in [-0.2, 0) is 20.1 Å². The number of likely N-dealkylation sites (tertiary alicyclic amines) is 1. The van der Waals surface area contributed by atoms with E-state index in [2.05, 4.69) is 50.0 Å². The molecule has 0 radical (unpaired) electrons. The molecule has 1 saturated carbocycles. The third kappa shape index (κ3) is 6.15. The van der Waals surface area contributed by atoms with E-state index in [1.165, 1.54) is 44.3 Å². The summed E-state index contributed by atoms with van der Waals surface area (Å²) in [4.78, 5) is 7.48. The number of hydrogen-bond donors (Lipinski definition) is 2. The van der Waals surface area contributed by atoms with Gasteiger partial charge in [-0.3, -0.25) is 0 Å². The molecular weight excluding hydrogens is 477 g/mol. The molecule has 7 nitrogen and oxygen atoms in total. The van der Waals surface area contributed by atoms with Crippen LogP contribution in [0, 0.1) is 6.92 Å². The lowest BCUT2D eigenvalue weighted by Crippen LogP contribution is -2.49. The van der Waals surface area contributed by atoms with E-state index in [4.69, 9.17) is 4.99 Å². The molecule has 1 aliphatic heterocycles. The minimum absolute atomic E-state index is 0. The first-order valence-corrected chi connectivity index (χ1v) is 10.4. The van der Waals surface area contributed by atoms with E-state index >= 15 is 0 Å². The zero-order valence-corrected chi connectivity index (χ0v) is 19.7. The molecule has 2 aromatic rings. The second kappa shape index (κ2) is 10.4. The largest absolute Gasteiger partial charge is 0.354 e. The summed E-state index contributed by atoms with van der Waals surface area (Å²) in [6.45, 7) is 5.62. The number of aryl methyl sites for hydroxylation is 1. The molecule has 1 aliphatic carbocycles. The van der Waals surface area contributed by atoms with Crippen LogP contribution in [-0.4, -0.2) is 50.8 Å². The molecule has 1 aromatic heterocycles. The minimum atomic E-state index is 0. The van der Waals surface area contributed by atoms with Crippen molar-refractivity contribution in [3.05, 3.63) is 47.5 Å². The molecule has 2 aliphatic rings. The average molecular weight is 509 g/mol. The van der Waals surface area contributed by atoms with Crippen LogP contribution < -0.4 is 10.6 Å². The maximum absolute atomic E-state index is 4.83. The van der Waals surface area contributed by atoms with Crippen LogP contribution in [0.2, 0.25) is 0 Å². The topological polar surface area (TPSA) is 70.4 Å². The monoisotopic (exact) mass is 509 g/mol. The van der Waals surface area contributed by atoms with E-state index in [0.29, 0.717) is 19.1 Å². The fourth-order valence-corrected chi connectivity index (χ4v) is 3.72. The molecule has 2 N–H and O–H groups in total. The number of halogens is 1. The van der Waals surface area contributed by atoms with Crippen molar-refractivity contribution < 1.29 is 0 Å². The Morgan fingerprint density at radius 2 is 1.83 bits per heavy atom.